The number of carbonyl (C=O) groups excluding carboxylic acids is 2. The summed E-state index contributed by atoms with van der Waals surface area (Å²) in [5.74, 6) is -1.05. The fourth-order valence-corrected chi connectivity index (χ4v) is 1.83. The summed E-state index contributed by atoms with van der Waals surface area (Å²) in [7, 11) is 1.72. The van der Waals surface area contributed by atoms with Crippen LogP contribution in [-0.2, 0) is 16.6 Å². The van der Waals surface area contributed by atoms with Crippen LogP contribution in [0.15, 0.2) is 36.7 Å². The minimum atomic E-state index is -0.955. The second-order valence-electron chi connectivity index (χ2n) is 4.38. The van der Waals surface area contributed by atoms with Crippen molar-refractivity contribution in [2.75, 3.05) is 5.32 Å². The molecule has 0 saturated heterocycles. The number of rotatable bonds is 4. The summed E-state index contributed by atoms with van der Waals surface area (Å²) in [4.78, 5) is 27.7. The van der Waals surface area contributed by atoms with E-state index < -0.39 is 18.0 Å². The zero-order valence-electron chi connectivity index (χ0n) is 11.5. The van der Waals surface area contributed by atoms with Gasteiger partial charge in [-0.25, -0.2) is 9.78 Å². The van der Waals surface area contributed by atoms with Crippen LogP contribution in [0.4, 0.5) is 5.69 Å². The van der Waals surface area contributed by atoms with E-state index in [4.69, 9.17) is 16.3 Å². The molecule has 0 aliphatic carbocycles. The minimum absolute atomic E-state index is 0.173. The van der Waals surface area contributed by atoms with Crippen molar-refractivity contribution >= 4 is 29.2 Å². The van der Waals surface area contributed by atoms with Crippen LogP contribution in [0.1, 0.15) is 17.4 Å². The summed E-state index contributed by atoms with van der Waals surface area (Å²) >= 11 is 5.84. The van der Waals surface area contributed by atoms with Crippen LogP contribution < -0.4 is 5.32 Å². The Hall–Kier alpha value is -2.34. The monoisotopic (exact) mass is 307 g/mol. The Kier molecular flexibility index (Phi) is 4.59. The average molecular weight is 308 g/mol. The summed E-state index contributed by atoms with van der Waals surface area (Å²) in [6.45, 7) is 1.49. The van der Waals surface area contributed by atoms with Crippen LogP contribution in [-0.4, -0.2) is 27.5 Å². The Morgan fingerprint density at radius 3 is 2.76 bits per heavy atom. The van der Waals surface area contributed by atoms with Gasteiger partial charge in [-0.1, -0.05) is 11.6 Å². The predicted molar refractivity (Wildman–Crippen MR) is 78.2 cm³/mol. The standard InChI is InChI=1S/C14H14ClN3O3/c1-9(21-14(20)11-6-4-8-18(11)2)13(19)17-10-5-3-7-16-12(10)15/h3-9H,1-2H3,(H,17,19)/t9-/m0/s1. The molecule has 0 aliphatic heterocycles. The molecule has 2 aromatic rings. The highest BCUT2D eigenvalue weighted by molar-refractivity contribution is 6.32. The molecule has 0 fully saturated rings. The third-order valence-electron chi connectivity index (χ3n) is 2.82. The maximum Gasteiger partial charge on any atom is 0.355 e. The highest BCUT2D eigenvalue weighted by atomic mass is 35.5. The summed E-state index contributed by atoms with van der Waals surface area (Å²) < 4.78 is 6.73. The molecule has 0 radical (unpaired) electrons. The maximum absolute atomic E-state index is 12.0. The number of halogens is 1. The van der Waals surface area contributed by atoms with Crippen molar-refractivity contribution in [1.29, 1.82) is 0 Å². The Balaban J connectivity index is 1.99. The number of nitrogens with zero attached hydrogens (tertiary/aromatic N) is 2. The summed E-state index contributed by atoms with van der Waals surface area (Å²) in [5, 5.41) is 2.73. The third kappa shape index (κ3) is 3.61. The van der Waals surface area contributed by atoms with E-state index in [1.165, 1.54) is 13.1 Å². The smallest absolute Gasteiger partial charge is 0.355 e. The predicted octanol–water partition coefficient (Wildman–Crippen LogP) is 2.26. The largest absolute Gasteiger partial charge is 0.448 e. The van der Waals surface area contributed by atoms with Gasteiger partial charge in [0.25, 0.3) is 5.91 Å². The number of aromatic nitrogens is 2. The van der Waals surface area contributed by atoms with Gasteiger partial charge in [0.1, 0.15) is 5.69 Å². The van der Waals surface area contributed by atoms with Gasteiger partial charge >= 0.3 is 5.97 Å². The molecule has 21 heavy (non-hydrogen) atoms. The normalized spacial score (nSPS) is 11.8. The van der Waals surface area contributed by atoms with E-state index in [2.05, 4.69) is 10.3 Å². The van der Waals surface area contributed by atoms with Crippen molar-refractivity contribution < 1.29 is 14.3 Å². The number of nitrogens with one attached hydrogen (secondary N) is 1. The van der Waals surface area contributed by atoms with Gasteiger partial charge in [0, 0.05) is 19.4 Å². The third-order valence-corrected chi connectivity index (χ3v) is 3.12. The van der Waals surface area contributed by atoms with Crippen molar-refractivity contribution in [2.24, 2.45) is 7.05 Å². The number of pyridine rings is 1. The van der Waals surface area contributed by atoms with Gasteiger partial charge < -0.3 is 14.6 Å². The van der Waals surface area contributed by atoms with Gasteiger partial charge in [0.05, 0.1) is 5.69 Å². The minimum Gasteiger partial charge on any atom is -0.448 e. The second-order valence-corrected chi connectivity index (χ2v) is 4.74. The number of ether oxygens (including phenoxy) is 1. The first-order chi connectivity index (χ1) is 9.99. The number of aryl methyl sites for hydroxylation is 1. The zero-order valence-corrected chi connectivity index (χ0v) is 12.3. The number of hydrogen-bond donors (Lipinski definition) is 1. The summed E-state index contributed by atoms with van der Waals surface area (Å²) in [6.07, 6.45) is 2.27. The van der Waals surface area contributed by atoms with Crippen LogP contribution in [0.5, 0.6) is 0 Å². The SMILES string of the molecule is C[C@H](OC(=O)c1cccn1C)C(=O)Nc1cccnc1Cl. The van der Waals surface area contributed by atoms with Crippen molar-refractivity contribution in [1.82, 2.24) is 9.55 Å². The lowest BCUT2D eigenvalue weighted by atomic mass is 10.3. The van der Waals surface area contributed by atoms with E-state index in [1.54, 1.807) is 42.1 Å². The zero-order chi connectivity index (χ0) is 15.4. The topological polar surface area (TPSA) is 73.2 Å². The lowest BCUT2D eigenvalue weighted by Gasteiger charge is -2.14. The molecule has 0 aliphatic rings. The Morgan fingerprint density at radius 2 is 2.14 bits per heavy atom. The number of anilines is 1. The van der Waals surface area contributed by atoms with Crippen LogP contribution in [0, 0.1) is 0 Å². The molecule has 2 aromatic heterocycles. The van der Waals surface area contributed by atoms with Gasteiger partial charge in [-0.3, -0.25) is 4.79 Å². The summed E-state index contributed by atoms with van der Waals surface area (Å²) in [5.41, 5.74) is 0.736. The van der Waals surface area contributed by atoms with E-state index in [0.717, 1.165) is 0 Å². The first-order valence-corrected chi connectivity index (χ1v) is 6.60. The molecule has 0 bridgehead atoms. The first-order valence-electron chi connectivity index (χ1n) is 6.22. The molecule has 0 spiro atoms. The number of esters is 1. The highest BCUT2D eigenvalue weighted by Gasteiger charge is 2.21. The van der Waals surface area contributed by atoms with E-state index in [0.29, 0.717) is 11.4 Å². The molecule has 0 unspecified atom stereocenters. The fraction of sp³-hybridized carbons (Fsp3) is 0.214. The highest BCUT2D eigenvalue weighted by Crippen LogP contribution is 2.18. The number of amides is 1. The number of hydrogen-bond acceptors (Lipinski definition) is 4. The molecule has 110 valence electrons. The quantitative estimate of drug-likeness (QED) is 0.694. The molecule has 2 heterocycles. The molecule has 0 saturated carbocycles. The Labute approximate surface area is 126 Å². The lowest BCUT2D eigenvalue weighted by Crippen LogP contribution is -2.30. The van der Waals surface area contributed by atoms with Gasteiger partial charge in [-0.15, -0.1) is 0 Å². The van der Waals surface area contributed by atoms with E-state index in [1.807, 2.05) is 0 Å². The number of carbonyl (C=O) groups is 2. The van der Waals surface area contributed by atoms with Gasteiger partial charge in [-0.05, 0) is 31.2 Å². The molecule has 1 atom stereocenters. The van der Waals surface area contributed by atoms with E-state index in [9.17, 15) is 9.59 Å². The van der Waals surface area contributed by atoms with Crippen LogP contribution in [0.2, 0.25) is 5.15 Å². The van der Waals surface area contributed by atoms with Gasteiger partial charge in [0.15, 0.2) is 11.3 Å². The molecule has 1 N–H and O–H groups in total. The van der Waals surface area contributed by atoms with Crippen molar-refractivity contribution in [2.45, 2.75) is 13.0 Å². The molecule has 2 rings (SSSR count). The first kappa shape index (κ1) is 15.1. The van der Waals surface area contributed by atoms with Crippen LogP contribution in [0.25, 0.3) is 0 Å². The molecule has 7 heteroatoms. The van der Waals surface area contributed by atoms with E-state index >= 15 is 0 Å². The molecule has 1 amide bonds. The lowest BCUT2D eigenvalue weighted by molar-refractivity contribution is -0.123. The van der Waals surface area contributed by atoms with Crippen LogP contribution >= 0.6 is 11.6 Å². The second kappa shape index (κ2) is 6.41. The fourth-order valence-electron chi connectivity index (χ4n) is 1.66. The van der Waals surface area contributed by atoms with E-state index in [-0.39, 0.29) is 5.15 Å². The summed E-state index contributed by atoms with van der Waals surface area (Å²) in [6, 6.07) is 6.59. The molecular weight excluding hydrogens is 294 g/mol. The molecule has 0 aromatic carbocycles. The Bertz CT molecular complexity index is 669. The Morgan fingerprint density at radius 1 is 1.38 bits per heavy atom. The maximum atomic E-state index is 12.0. The van der Waals surface area contributed by atoms with Gasteiger partial charge in [-0.2, -0.15) is 0 Å². The van der Waals surface area contributed by atoms with Crippen LogP contribution in [0.3, 0.4) is 0 Å². The molecule has 6 nitrogen and oxygen atoms in total. The van der Waals surface area contributed by atoms with Crippen molar-refractivity contribution in [3.63, 3.8) is 0 Å². The molecular formula is C14H14ClN3O3. The van der Waals surface area contributed by atoms with Crippen molar-refractivity contribution in [3.8, 4) is 0 Å². The van der Waals surface area contributed by atoms with Gasteiger partial charge in [0.2, 0.25) is 0 Å². The average Bonchev–Trinajstić information content (AvgIpc) is 2.87. The van der Waals surface area contributed by atoms with Crippen molar-refractivity contribution in [3.05, 3.63) is 47.5 Å².